The molecule has 1 aliphatic heterocycles. The molecule has 0 bridgehead atoms. The van der Waals surface area contributed by atoms with Crippen molar-refractivity contribution in [2.45, 2.75) is 39.2 Å². The first kappa shape index (κ1) is 15.0. The van der Waals surface area contributed by atoms with E-state index in [0.717, 1.165) is 4.90 Å². The van der Waals surface area contributed by atoms with Crippen LogP contribution in [0.5, 0.6) is 0 Å². The van der Waals surface area contributed by atoms with E-state index in [2.05, 4.69) is 0 Å². The van der Waals surface area contributed by atoms with Gasteiger partial charge in [-0.1, -0.05) is 13.8 Å². The van der Waals surface area contributed by atoms with Gasteiger partial charge in [-0.25, -0.2) is 4.79 Å². The molecule has 102 valence electrons. The molecule has 0 aromatic rings. The van der Waals surface area contributed by atoms with Crippen LogP contribution in [-0.4, -0.2) is 45.8 Å². The molecule has 0 radical (unpaired) electrons. The molecule has 2 amide bonds. The van der Waals surface area contributed by atoms with Crippen LogP contribution in [0.1, 0.15) is 33.1 Å². The third-order valence-corrected chi connectivity index (χ3v) is 3.63. The van der Waals surface area contributed by atoms with Gasteiger partial charge in [0.2, 0.25) is 11.8 Å². The molecule has 18 heavy (non-hydrogen) atoms. The molecule has 0 aliphatic carbocycles. The summed E-state index contributed by atoms with van der Waals surface area (Å²) in [6.45, 7) is 3.69. The molecule has 0 aromatic heterocycles. The molecular formula is C12H19NO4S. The Morgan fingerprint density at radius 2 is 1.89 bits per heavy atom. The average molecular weight is 273 g/mol. The van der Waals surface area contributed by atoms with E-state index < -0.39 is 12.0 Å². The minimum absolute atomic E-state index is 0.224. The summed E-state index contributed by atoms with van der Waals surface area (Å²) in [5, 5.41) is 9.16. The number of carboxylic acid groups (broad SMARTS) is 1. The molecule has 1 saturated heterocycles. The smallest absolute Gasteiger partial charge is 0.326 e. The fraction of sp³-hybridized carbons (Fsp3) is 0.750. The van der Waals surface area contributed by atoms with Crippen molar-refractivity contribution < 1.29 is 19.5 Å². The number of carbonyl (C=O) groups excluding carboxylic acids is 2. The van der Waals surface area contributed by atoms with Gasteiger partial charge in [0.25, 0.3) is 0 Å². The van der Waals surface area contributed by atoms with Gasteiger partial charge in [0.05, 0.1) is 0 Å². The molecule has 6 heteroatoms. The number of carboxylic acids is 1. The fourth-order valence-electron chi connectivity index (χ4n) is 2.13. The number of nitrogens with zero attached hydrogens (tertiary/aromatic N) is 1. The SMILES string of the molecule is CSCCC(C(=O)O)N1C(=O)CC(C)(C)CC1=O. The second-order valence-electron chi connectivity index (χ2n) is 5.31. The van der Waals surface area contributed by atoms with Gasteiger partial charge >= 0.3 is 5.97 Å². The highest BCUT2D eigenvalue weighted by molar-refractivity contribution is 7.98. The van der Waals surface area contributed by atoms with Crippen LogP contribution in [0.4, 0.5) is 0 Å². The monoisotopic (exact) mass is 273 g/mol. The second kappa shape index (κ2) is 5.73. The highest BCUT2D eigenvalue weighted by Crippen LogP contribution is 2.33. The first-order valence-corrected chi connectivity index (χ1v) is 7.24. The number of aliphatic carboxylic acids is 1. The lowest BCUT2D eigenvalue weighted by Crippen LogP contribution is -2.54. The third kappa shape index (κ3) is 3.48. The number of imide groups is 1. The summed E-state index contributed by atoms with van der Waals surface area (Å²) >= 11 is 1.50. The summed E-state index contributed by atoms with van der Waals surface area (Å²) < 4.78 is 0. The summed E-state index contributed by atoms with van der Waals surface area (Å²) in [5.74, 6) is -1.24. The standard InChI is InChI=1S/C12H19NO4S/c1-12(2)6-9(14)13(10(15)7-12)8(11(16)17)4-5-18-3/h8H,4-7H2,1-3H3,(H,16,17). The zero-order valence-corrected chi connectivity index (χ0v) is 11.7. The van der Waals surface area contributed by atoms with Crippen LogP contribution in [0.25, 0.3) is 0 Å². The summed E-state index contributed by atoms with van der Waals surface area (Å²) in [6.07, 6.45) is 2.61. The molecule has 5 nitrogen and oxygen atoms in total. The van der Waals surface area contributed by atoms with Crippen molar-refractivity contribution in [3.8, 4) is 0 Å². The first-order valence-electron chi connectivity index (χ1n) is 5.85. The molecule has 1 fully saturated rings. The van der Waals surface area contributed by atoms with Crippen LogP contribution in [0.3, 0.4) is 0 Å². The van der Waals surface area contributed by atoms with E-state index in [1.165, 1.54) is 11.8 Å². The van der Waals surface area contributed by atoms with Crippen molar-refractivity contribution in [3.05, 3.63) is 0 Å². The Balaban J connectivity index is 2.88. The van der Waals surface area contributed by atoms with Crippen molar-refractivity contribution in [1.29, 1.82) is 0 Å². The largest absolute Gasteiger partial charge is 0.480 e. The number of hydrogen-bond acceptors (Lipinski definition) is 4. The minimum atomic E-state index is -1.11. The Bertz CT molecular complexity index is 347. The average Bonchev–Trinajstić information content (AvgIpc) is 2.19. The van der Waals surface area contributed by atoms with Crippen LogP contribution in [0.15, 0.2) is 0 Å². The van der Waals surface area contributed by atoms with Crippen molar-refractivity contribution in [1.82, 2.24) is 4.90 Å². The van der Waals surface area contributed by atoms with E-state index in [-0.39, 0.29) is 30.1 Å². The zero-order valence-electron chi connectivity index (χ0n) is 10.9. The number of likely N-dealkylation sites (tertiary alicyclic amines) is 1. The number of thioether (sulfide) groups is 1. The van der Waals surface area contributed by atoms with Gasteiger partial charge in [0.1, 0.15) is 6.04 Å². The number of rotatable bonds is 5. The number of carbonyl (C=O) groups is 3. The van der Waals surface area contributed by atoms with E-state index in [1.54, 1.807) is 0 Å². The molecule has 1 aliphatic rings. The molecular weight excluding hydrogens is 254 g/mol. The highest BCUT2D eigenvalue weighted by atomic mass is 32.2. The van der Waals surface area contributed by atoms with Crippen LogP contribution in [0, 0.1) is 5.41 Å². The highest BCUT2D eigenvalue weighted by Gasteiger charge is 2.42. The lowest BCUT2D eigenvalue weighted by molar-refractivity contribution is -0.163. The fourth-order valence-corrected chi connectivity index (χ4v) is 2.59. The Morgan fingerprint density at radius 1 is 1.39 bits per heavy atom. The second-order valence-corrected chi connectivity index (χ2v) is 6.30. The van der Waals surface area contributed by atoms with E-state index in [4.69, 9.17) is 5.11 Å². The van der Waals surface area contributed by atoms with E-state index >= 15 is 0 Å². The van der Waals surface area contributed by atoms with Gasteiger partial charge in [0, 0.05) is 12.8 Å². The van der Waals surface area contributed by atoms with Gasteiger partial charge < -0.3 is 5.11 Å². The number of hydrogen-bond donors (Lipinski definition) is 1. The predicted octanol–water partition coefficient (Wildman–Crippen LogP) is 1.37. The molecule has 1 atom stereocenters. The van der Waals surface area contributed by atoms with Gasteiger partial charge in [-0.3, -0.25) is 14.5 Å². The third-order valence-electron chi connectivity index (χ3n) is 2.99. The van der Waals surface area contributed by atoms with Crippen LogP contribution in [0.2, 0.25) is 0 Å². The molecule has 0 saturated carbocycles. The van der Waals surface area contributed by atoms with Crippen LogP contribution < -0.4 is 0 Å². The molecule has 1 N–H and O–H groups in total. The molecule has 1 rings (SSSR count). The summed E-state index contributed by atoms with van der Waals surface area (Å²) in [7, 11) is 0. The predicted molar refractivity (Wildman–Crippen MR) is 69.3 cm³/mol. The molecule has 1 heterocycles. The maximum Gasteiger partial charge on any atom is 0.326 e. The zero-order chi connectivity index (χ0) is 13.9. The Labute approximate surface area is 111 Å². The molecule has 0 spiro atoms. The van der Waals surface area contributed by atoms with Gasteiger partial charge in [-0.15, -0.1) is 0 Å². The minimum Gasteiger partial charge on any atom is -0.480 e. The lowest BCUT2D eigenvalue weighted by atomic mass is 9.81. The van der Waals surface area contributed by atoms with E-state index in [9.17, 15) is 14.4 Å². The Morgan fingerprint density at radius 3 is 2.28 bits per heavy atom. The lowest BCUT2D eigenvalue weighted by Gasteiger charge is -2.37. The van der Waals surface area contributed by atoms with Crippen LogP contribution >= 0.6 is 11.8 Å². The van der Waals surface area contributed by atoms with Crippen molar-refractivity contribution in [2.75, 3.05) is 12.0 Å². The first-order chi connectivity index (χ1) is 8.28. The van der Waals surface area contributed by atoms with Gasteiger partial charge in [0.15, 0.2) is 0 Å². The maximum atomic E-state index is 12.0. The van der Waals surface area contributed by atoms with E-state index in [1.807, 2.05) is 20.1 Å². The van der Waals surface area contributed by atoms with Crippen molar-refractivity contribution >= 4 is 29.5 Å². The van der Waals surface area contributed by atoms with Gasteiger partial charge in [-0.05, 0) is 23.8 Å². The summed E-state index contributed by atoms with van der Waals surface area (Å²) in [4.78, 5) is 36.1. The number of piperidine rings is 1. The molecule has 1 unspecified atom stereocenters. The Kier molecular flexibility index (Phi) is 4.78. The summed E-state index contributed by atoms with van der Waals surface area (Å²) in [5.41, 5.74) is -0.368. The quantitative estimate of drug-likeness (QED) is 0.766. The van der Waals surface area contributed by atoms with Crippen molar-refractivity contribution in [3.63, 3.8) is 0 Å². The topological polar surface area (TPSA) is 74.7 Å². The van der Waals surface area contributed by atoms with Crippen LogP contribution in [-0.2, 0) is 14.4 Å². The van der Waals surface area contributed by atoms with Crippen molar-refractivity contribution in [2.24, 2.45) is 5.41 Å². The molecule has 0 aromatic carbocycles. The number of amides is 2. The summed E-state index contributed by atoms with van der Waals surface area (Å²) in [6, 6.07) is -1.02. The van der Waals surface area contributed by atoms with E-state index in [0.29, 0.717) is 12.2 Å². The maximum absolute atomic E-state index is 12.0. The Hall–Kier alpha value is -1.04. The normalized spacial score (nSPS) is 20.9. The van der Waals surface area contributed by atoms with Gasteiger partial charge in [-0.2, -0.15) is 11.8 Å².